The Labute approximate surface area is 122 Å². The van der Waals surface area contributed by atoms with Crippen molar-refractivity contribution in [1.82, 2.24) is 10.3 Å². The Hall–Kier alpha value is -2.18. The molecule has 0 saturated heterocycles. The van der Waals surface area contributed by atoms with E-state index in [-0.39, 0.29) is 30.1 Å². The van der Waals surface area contributed by atoms with Crippen LogP contribution in [-0.4, -0.2) is 28.5 Å². The van der Waals surface area contributed by atoms with E-state index in [4.69, 9.17) is 4.74 Å². The van der Waals surface area contributed by atoms with Gasteiger partial charge in [-0.15, -0.1) is 0 Å². The second-order valence-electron chi connectivity index (χ2n) is 5.31. The van der Waals surface area contributed by atoms with Crippen LogP contribution in [0.15, 0.2) is 18.3 Å². The minimum Gasteiger partial charge on any atom is -0.476 e. The van der Waals surface area contributed by atoms with Crippen molar-refractivity contribution in [2.24, 2.45) is 5.92 Å². The van der Waals surface area contributed by atoms with Crippen LogP contribution in [0.1, 0.15) is 32.6 Å². The van der Waals surface area contributed by atoms with Gasteiger partial charge in [-0.1, -0.05) is 19.8 Å². The number of nitrogens with one attached hydrogen (secondary N) is 1. The SMILES string of the molecule is C[C@@H]1CCCC[C@H]1NC(=O)COc1cccnc1[N+](=O)[O-]. The van der Waals surface area contributed by atoms with Crippen molar-refractivity contribution in [2.75, 3.05) is 6.61 Å². The number of carbonyl (C=O) groups excluding carboxylic acids is 1. The monoisotopic (exact) mass is 293 g/mol. The van der Waals surface area contributed by atoms with E-state index in [1.807, 2.05) is 0 Å². The highest BCUT2D eigenvalue weighted by Crippen LogP contribution is 2.24. The lowest BCUT2D eigenvalue weighted by Crippen LogP contribution is -2.43. The van der Waals surface area contributed by atoms with Gasteiger partial charge in [0.15, 0.2) is 6.61 Å². The van der Waals surface area contributed by atoms with Gasteiger partial charge in [-0.3, -0.25) is 4.79 Å². The maximum absolute atomic E-state index is 11.9. The van der Waals surface area contributed by atoms with Crippen molar-refractivity contribution in [3.05, 3.63) is 28.4 Å². The smallest absolute Gasteiger partial charge is 0.406 e. The zero-order chi connectivity index (χ0) is 15.2. The summed E-state index contributed by atoms with van der Waals surface area (Å²) < 4.78 is 5.22. The van der Waals surface area contributed by atoms with Gasteiger partial charge >= 0.3 is 5.82 Å². The molecule has 7 heteroatoms. The number of aromatic nitrogens is 1. The quantitative estimate of drug-likeness (QED) is 0.662. The Morgan fingerprint density at radius 3 is 3.00 bits per heavy atom. The van der Waals surface area contributed by atoms with E-state index in [1.165, 1.54) is 24.8 Å². The van der Waals surface area contributed by atoms with E-state index >= 15 is 0 Å². The summed E-state index contributed by atoms with van der Waals surface area (Å²) in [6.07, 6.45) is 5.71. The summed E-state index contributed by atoms with van der Waals surface area (Å²) in [6.45, 7) is 1.88. The second kappa shape index (κ2) is 7.01. The fourth-order valence-electron chi connectivity index (χ4n) is 2.55. The molecule has 1 aromatic heterocycles. The third kappa shape index (κ3) is 4.14. The highest BCUT2D eigenvalue weighted by atomic mass is 16.6. The van der Waals surface area contributed by atoms with Gasteiger partial charge in [-0.05, 0) is 40.8 Å². The van der Waals surface area contributed by atoms with Crippen LogP contribution in [-0.2, 0) is 4.79 Å². The molecule has 0 radical (unpaired) electrons. The summed E-state index contributed by atoms with van der Waals surface area (Å²) >= 11 is 0. The Kier molecular flexibility index (Phi) is 5.08. The minimum atomic E-state index is -0.629. The number of carbonyl (C=O) groups is 1. The van der Waals surface area contributed by atoms with Gasteiger partial charge in [0.1, 0.15) is 6.20 Å². The van der Waals surface area contributed by atoms with Crippen molar-refractivity contribution in [2.45, 2.75) is 38.6 Å². The van der Waals surface area contributed by atoms with E-state index in [0.717, 1.165) is 19.3 Å². The zero-order valence-corrected chi connectivity index (χ0v) is 11.9. The molecule has 1 heterocycles. The minimum absolute atomic E-state index is 0.00865. The van der Waals surface area contributed by atoms with E-state index in [1.54, 1.807) is 0 Å². The number of hydrogen-bond acceptors (Lipinski definition) is 5. The topological polar surface area (TPSA) is 94.4 Å². The van der Waals surface area contributed by atoms with Crippen LogP contribution in [0.3, 0.4) is 0 Å². The van der Waals surface area contributed by atoms with E-state index in [0.29, 0.717) is 5.92 Å². The Morgan fingerprint density at radius 1 is 1.52 bits per heavy atom. The average Bonchev–Trinajstić information content (AvgIpc) is 2.48. The molecule has 7 nitrogen and oxygen atoms in total. The number of amides is 1. The average molecular weight is 293 g/mol. The third-order valence-electron chi connectivity index (χ3n) is 3.74. The van der Waals surface area contributed by atoms with Crippen molar-refractivity contribution >= 4 is 11.7 Å². The lowest BCUT2D eigenvalue weighted by Gasteiger charge is -2.29. The number of pyridine rings is 1. The summed E-state index contributed by atoms with van der Waals surface area (Å²) in [4.78, 5) is 25.7. The molecule has 0 aliphatic heterocycles. The van der Waals surface area contributed by atoms with Crippen molar-refractivity contribution < 1.29 is 14.5 Å². The van der Waals surface area contributed by atoms with Crippen LogP contribution in [0, 0.1) is 16.0 Å². The van der Waals surface area contributed by atoms with Gasteiger partial charge in [0.05, 0.1) is 0 Å². The Morgan fingerprint density at radius 2 is 2.29 bits per heavy atom. The first-order chi connectivity index (χ1) is 10.1. The standard InChI is InChI=1S/C14H19N3O4/c1-10-5-2-3-6-11(10)16-13(18)9-21-12-7-4-8-15-14(12)17(19)20/h4,7-8,10-11H,2-3,5-6,9H2,1H3,(H,16,18)/t10-,11-/m1/s1. The molecule has 0 bridgehead atoms. The van der Waals surface area contributed by atoms with Crippen LogP contribution in [0.5, 0.6) is 5.75 Å². The highest BCUT2D eigenvalue weighted by Gasteiger charge is 2.23. The number of rotatable bonds is 5. The molecule has 1 amide bonds. The molecular formula is C14H19N3O4. The molecule has 0 aromatic carbocycles. The molecule has 1 N–H and O–H groups in total. The Bertz CT molecular complexity index is 521. The predicted octanol–water partition coefficient (Wildman–Crippen LogP) is 2.06. The fraction of sp³-hybridized carbons (Fsp3) is 0.571. The summed E-state index contributed by atoms with van der Waals surface area (Å²) in [5.41, 5.74) is 0. The molecule has 114 valence electrons. The van der Waals surface area contributed by atoms with Crippen LogP contribution < -0.4 is 10.1 Å². The molecule has 0 spiro atoms. The maximum Gasteiger partial charge on any atom is 0.406 e. The lowest BCUT2D eigenvalue weighted by molar-refractivity contribution is -0.390. The molecule has 1 aromatic rings. The molecule has 0 unspecified atom stereocenters. The van der Waals surface area contributed by atoms with Crippen molar-refractivity contribution in [1.29, 1.82) is 0 Å². The second-order valence-corrected chi connectivity index (χ2v) is 5.31. The molecular weight excluding hydrogens is 274 g/mol. The normalized spacial score (nSPS) is 21.6. The zero-order valence-electron chi connectivity index (χ0n) is 11.9. The van der Waals surface area contributed by atoms with E-state index < -0.39 is 4.92 Å². The fourth-order valence-corrected chi connectivity index (χ4v) is 2.55. The van der Waals surface area contributed by atoms with Crippen LogP contribution in [0.25, 0.3) is 0 Å². The number of nitrogens with zero attached hydrogens (tertiary/aromatic N) is 2. The Balaban J connectivity index is 1.88. The predicted molar refractivity (Wildman–Crippen MR) is 75.9 cm³/mol. The van der Waals surface area contributed by atoms with Crippen LogP contribution >= 0.6 is 0 Å². The third-order valence-corrected chi connectivity index (χ3v) is 3.74. The largest absolute Gasteiger partial charge is 0.476 e. The van der Waals surface area contributed by atoms with Crippen molar-refractivity contribution in [3.63, 3.8) is 0 Å². The van der Waals surface area contributed by atoms with E-state index in [2.05, 4.69) is 17.2 Å². The first-order valence-electron chi connectivity index (χ1n) is 7.09. The van der Waals surface area contributed by atoms with Gasteiger partial charge in [-0.2, -0.15) is 0 Å². The molecule has 1 fully saturated rings. The summed E-state index contributed by atoms with van der Waals surface area (Å²) in [7, 11) is 0. The molecule has 2 atom stereocenters. The first kappa shape index (κ1) is 15.2. The number of ether oxygens (including phenoxy) is 1. The van der Waals surface area contributed by atoms with Gasteiger partial charge in [0.25, 0.3) is 5.91 Å². The van der Waals surface area contributed by atoms with Gasteiger partial charge in [-0.25, -0.2) is 0 Å². The maximum atomic E-state index is 11.9. The van der Waals surface area contributed by atoms with Gasteiger partial charge in [0.2, 0.25) is 5.75 Å². The molecule has 21 heavy (non-hydrogen) atoms. The lowest BCUT2D eigenvalue weighted by atomic mass is 9.86. The molecule has 1 aliphatic rings. The first-order valence-corrected chi connectivity index (χ1v) is 7.09. The van der Waals surface area contributed by atoms with Gasteiger partial charge in [0, 0.05) is 6.04 Å². The van der Waals surface area contributed by atoms with Crippen molar-refractivity contribution in [3.8, 4) is 5.75 Å². The summed E-state index contributed by atoms with van der Waals surface area (Å²) in [5.74, 6) is -0.173. The van der Waals surface area contributed by atoms with Crippen LogP contribution in [0.2, 0.25) is 0 Å². The number of nitro groups is 1. The summed E-state index contributed by atoms with van der Waals surface area (Å²) in [6, 6.07) is 3.13. The molecule has 1 saturated carbocycles. The van der Waals surface area contributed by atoms with E-state index in [9.17, 15) is 14.9 Å². The molecule has 1 aliphatic carbocycles. The number of hydrogen-bond donors (Lipinski definition) is 1. The van der Waals surface area contributed by atoms with Gasteiger partial charge < -0.3 is 20.2 Å². The van der Waals surface area contributed by atoms with Crippen LogP contribution in [0.4, 0.5) is 5.82 Å². The summed E-state index contributed by atoms with van der Waals surface area (Å²) in [5, 5.41) is 13.7. The molecule has 2 rings (SSSR count). The highest BCUT2D eigenvalue weighted by molar-refractivity contribution is 5.78.